The Kier molecular flexibility index (Phi) is 4.24. The summed E-state index contributed by atoms with van der Waals surface area (Å²) < 4.78 is 5.85. The molecular weight excluding hydrogens is 302 g/mol. The van der Waals surface area contributed by atoms with E-state index in [1.807, 2.05) is 44.2 Å². The third-order valence-electron chi connectivity index (χ3n) is 2.87. The number of hydrogen-bond donors (Lipinski definition) is 0. The Bertz CT molecular complexity index is 644. The molecule has 2 nitrogen and oxygen atoms in total. The summed E-state index contributed by atoms with van der Waals surface area (Å²) in [4.78, 5) is 0. The monoisotopic (exact) mass is 315 g/mol. The molecule has 0 spiro atoms. The van der Waals surface area contributed by atoms with Gasteiger partial charge in [-0.2, -0.15) is 5.26 Å². The van der Waals surface area contributed by atoms with Gasteiger partial charge in [0.25, 0.3) is 0 Å². The van der Waals surface area contributed by atoms with Gasteiger partial charge < -0.3 is 4.74 Å². The second-order valence-electron chi connectivity index (χ2n) is 4.45. The molecule has 0 atom stereocenters. The van der Waals surface area contributed by atoms with Gasteiger partial charge in [-0.15, -0.1) is 0 Å². The Hall–Kier alpha value is -1.79. The smallest absolute Gasteiger partial charge is 0.145 e. The van der Waals surface area contributed by atoms with Gasteiger partial charge in [0.1, 0.15) is 17.6 Å². The highest BCUT2D eigenvalue weighted by atomic mass is 79.9. The summed E-state index contributed by atoms with van der Waals surface area (Å²) in [5.41, 5.74) is 3.87. The van der Waals surface area contributed by atoms with Gasteiger partial charge >= 0.3 is 0 Å². The van der Waals surface area contributed by atoms with Crippen molar-refractivity contribution in [1.82, 2.24) is 0 Å². The fraction of sp³-hybridized carbons (Fsp3) is 0.188. The number of benzene rings is 2. The minimum absolute atomic E-state index is 0.553. The van der Waals surface area contributed by atoms with Gasteiger partial charge in [0.2, 0.25) is 0 Å². The first kappa shape index (κ1) is 13.6. The van der Waals surface area contributed by atoms with Crippen molar-refractivity contribution in [2.45, 2.75) is 19.2 Å². The molecule has 2 aromatic carbocycles. The van der Waals surface area contributed by atoms with E-state index in [1.165, 1.54) is 5.56 Å². The summed E-state index contributed by atoms with van der Waals surface area (Å²) in [6, 6.07) is 13.8. The van der Waals surface area contributed by atoms with E-state index in [-0.39, 0.29) is 0 Å². The molecule has 0 aliphatic rings. The molecule has 0 radical (unpaired) electrons. The second kappa shape index (κ2) is 5.90. The zero-order chi connectivity index (χ0) is 13.8. The van der Waals surface area contributed by atoms with Crippen LogP contribution >= 0.6 is 15.9 Å². The number of alkyl halides is 1. The molecule has 19 heavy (non-hydrogen) atoms. The van der Waals surface area contributed by atoms with Crippen LogP contribution in [0, 0.1) is 25.2 Å². The largest absolute Gasteiger partial charge is 0.456 e. The summed E-state index contributed by atoms with van der Waals surface area (Å²) in [5, 5.41) is 9.91. The molecule has 0 aromatic heterocycles. The molecule has 0 fully saturated rings. The SMILES string of the molecule is Cc1ccc(Oc2ccc(CBr)cc2C#N)c(C)c1. The van der Waals surface area contributed by atoms with E-state index < -0.39 is 0 Å². The van der Waals surface area contributed by atoms with Gasteiger partial charge in [0.05, 0.1) is 5.56 Å². The van der Waals surface area contributed by atoms with E-state index in [1.54, 1.807) is 0 Å². The number of halogens is 1. The quantitative estimate of drug-likeness (QED) is 0.757. The summed E-state index contributed by atoms with van der Waals surface area (Å²) in [6.45, 7) is 4.05. The lowest BCUT2D eigenvalue weighted by atomic mass is 10.1. The minimum atomic E-state index is 0.553. The molecule has 0 amide bonds. The van der Waals surface area contributed by atoms with Crippen molar-refractivity contribution in [3.8, 4) is 17.6 Å². The van der Waals surface area contributed by atoms with Gasteiger partial charge in [-0.3, -0.25) is 0 Å². The molecule has 0 unspecified atom stereocenters. The highest BCUT2D eigenvalue weighted by molar-refractivity contribution is 9.08. The first-order valence-electron chi connectivity index (χ1n) is 5.98. The van der Waals surface area contributed by atoms with Gasteiger partial charge in [-0.05, 0) is 43.2 Å². The van der Waals surface area contributed by atoms with Gasteiger partial charge in [0, 0.05) is 5.33 Å². The van der Waals surface area contributed by atoms with E-state index >= 15 is 0 Å². The fourth-order valence-corrected chi connectivity index (χ4v) is 2.22. The average molecular weight is 316 g/mol. The molecule has 0 aliphatic carbocycles. The van der Waals surface area contributed by atoms with Crippen LogP contribution in [0.2, 0.25) is 0 Å². The van der Waals surface area contributed by atoms with Crippen LogP contribution in [0.4, 0.5) is 0 Å². The molecule has 0 bridgehead atoms. The number of nitriles is 1. The number of ether oxygens (including phenoxy) is 1. The molecule has 0 N–H and O–H groups in total. The Morgan fingerprint density at radius 3 is 2.47 bits per heavy atom. The number of rotatable bonds is 3. The first-order chi connectivity index (χ1) is 9.13. The Morgan fingerprint density at radius 1 is 1.11 bits per heavy atom. The molecule has 3 heteroatoms. The van der Waals surface area contributed by atoms with Crippen LogP contribution in [-0.2, 0) is 5.33 Å². The lowest BCUT2D eigenvalue weighted by molar-refractivity contribution is 0.477. The van der Waals surface area contributed by atoms with Crippen LogP contribution < -0.4 is 4.74 Å². The van der Waals surface area contributed by atoms with Crippen LogP contribution in [0.15, 0.2) is 36.4 Å². The third-order valence-corrected chi connectivity index (χ3v) is 3.52. The van der Waals surface area contributed by atoms with Crippen LogP contribution in [0.3, 0.4) is 0 Å². The van der Waals surface area contributed by atoms with Crippen LogP contribution in [0.25, 0.3) is 0 Å². The lowest BCUT2D eigenvalue weighted by Gasteiger charge is -2.11. The van der Waals surface area contributed by atoms with Crippen LogP contribution in [0.5, 0.6) is 11.5 Å². The fourth-order valence-electron chi connectivity index (χ4n) is 1.87. The molecule has 0 saturated carbocycles. The molecular formula is C16H14BrNO. The van der Waals surface area contributed by atoms with Crippen molar-refractivity contribution in [2.75, 3.05) is 0 Å². The van der Waals surface area contributed by atoms with E-state index in [9.17, 15) is 5.26 Å². The van der Waals surface area contributed by atoms with Gasteiger partial charge in [-0.25, -0.2) is 0 Å². The Labute approximate surface area is 121 Å². The number of nitrogens with zero attached hydrogens (tertiary/aromatic N) is 1. The normalized spacial score (nSPS) is 10.0. The molecule has 0 saturated heterocycles. The second-order valence-corrected chi connectivity index (χ2v) is 5.01. The Morgan fingerprint density at radius 2 is 1.84 bits per heavy atom. The first-order valence-corrected chi connectivity index (χ1v) is 7.10. The summed E-state index contributed by atoms with van der Waals surface area (Å²) in [6.07, 6.45) is 0. The number of aryl methyl sites for hydroxylation is 2. The van der Waals surface area contributed by atoms with Crippen molar-refractivity contribution in [1.29, 1.82) is 5.26 Å². The molecule has 0 heterocycles. The van der Waals surface area contributed by atoms with Crippen LogP contribution in [-0.4, -0.2) is 0 Å². The van der Waals surface area contributed by atoms with Crippen molar-refractivity contribution < 1.29 is 4.74 Å². The van der Waals surface area contributed by atoms with Gasteiger partial charge in [-0.1, -0.05) is 39.7 Å². The topological polar surface area (TPSA) is 33.0 Å². The van der Waals surface area contributed by atoms with E-state index in [0.717, 1.165) is 22.2 Å². The molecule has 2 aromatic rings. The lowest BCUT2D eigenvalue weighted by Crippen LogP contribution is -1.92. The zero-order valence-electron chi connectivity index (χ0n) is 10.9. The van der Waals surface area contributed by atoms with E-state index in [0.29, 0.717) is 11.3 Å². The molecule has 96 valence electrons. The predicted molar refractivity (Wildman–Crippen MR) is 79.8 cm³/mol. The number of hydrogen-bond acceptors (Lipinski definition) is 2. The minimum Gasteiger partial charge on any atom is -0.456 e. The maximum absolute atomic E-state index is 9.18. The van der Waals surface area contributed by atoms with E-state index in [2.05, 4.69) is 28.1 Å². The standard InChI is InChI=1S/C16H14BrNO/c1-11-3-5-15(12(2)7-11)19-16-6-4-13(9-17)8-14(16)10-18/h3-8H,9H2,1-2H3. The molecule has 2 rings (SSSR count). The van der Waals surface area contributed by atoms with Gasteiger partial charge in [0.15, 0.2) is 0 Å². The maximum Gasteiger partial charge on any atom is 0.145 e. The molecule has 0 aliphatic heterocycles. The van der Waals surface area contributed by atoms with E-state index in [4.69, 9.17) is 4.74 Å². The maximum atomic E-state index is 9.18. The summed E-state index contributed by atoms with van der Waals surface area (Å²) in [7, 11) is 0. The summed E-state index contributed by atoms with van der Waals surface area (Å²) in [5.74, 6) is 1.38. The average Bonchev–Trinajstić information content (AvgIpc) is 2.42. The zero-order valence-corrected chi connectivity index (χ0v) is 12.5. The highest BCUT2D eigenvalue weighted by Gasteiger charge is 2.07. The highest BCUT2D eigenvalue weighted by Crippen LogP contribution is 2.29. The Balaban J connectivity index is 2.35. The van der Waals surface area contributed by atoms with Crippen molar-refractivity contribution in [3.05, 3.63) is 58.7 Å². The third kappa shape index (κ3) is 3.15. The van der Waals surface area contributed by atoms with Crippen LogP contribution in [0.1, 0.15) is 22.3 Å². The van der Waals surface area contributed by atoms with Crippen molar-refractivity contribution in [2.24, 2.45) is 0 Å². The van der Waals surface area contributed by atoms with Crippen molar-refractivity contribution in [3.63, 3.8) is 0 Å². The summed E-state index contributed by atoms with van der Waals surface area (Å²) >= 11 is 3.38. The predicted octanol–water partition coefficient (Wildman–Crippen LogP) is 4.86. The van der Waals surface area contributed by atoms with Crippen molar-refractivity contribution >= 4 is 15.9 Å².